The van der Waals surface area contributed by atoms with Gasteiger partial charge in [0.05, 0.1) is 32.1 Å². The molecule has 3 aromatic carbocycles. The summed E-state index contributed by atoms with van der Waals surface area (Å²) in [4.78, 5) is 18.2. The molecule has 0 aliphatic carbocycles. The maximum Gasteiger partial charge on any atom is 0.255 e. The second-order valence-corrected chi connectivity index (χ2v) is 10.1. The van der Waals surface area contributed by atoms with Crippen LogP contribution in [0.25, 0.3) is 0 Å². The molecule has 0 spiro atoms. The molecule has 10 nitrogen and oxygen atoms in total. The highest BCUT2D eigenvalue weighted by atomic mass is 35.5. The molecule has 1 aliphatic heterocycles. The Bertz CT molecular complexity index is 1660. The standard InChI is InChI=1S/C30H29Cl2N5O5/c1-5-41-26-12-18(7-11-24(26)42-15-19-6-8-20(31)13-22(19)32)28-27(17(2)35-30-33-16-34-37(28)30)29(38)36-23-10-9-21(39-3)14-25(23)40-4/h6-14,16,28H,5,15H2,1-4H3,(H,36,38)(H,33,34,35)/t28-/m1/s1. The first-order valence-corrected chi connectivity index (χ1v) is 13.8. The van der Waals surface area contributed by atoms with Gasteiger partial charge in [0.25, 0.3) is 5.91 Å². The number of carbonyl (C=O) groups excluding carboxylic acids is 1. The summed E-state index contributed by atoms with van der Waals surface area (Å²) in [5.74, 6) is 2.26. The number of methoxy groups -OCH3 is 2. The van der Waals surface area contributed by atoms with E-state index in [2.05, 4.69) is 20.7 Å². The van der Waals surface area contributed by atoms with E-state index in [0.29, 0.717) is 62.6 Å². The van der Waals surface area contributed by atoms with Gasteiger partial charge in [0.15, 0.2) is 11.5 Å². The lowest BCUT2D eigenvalue weighted by Crippen LogP contribution is -2.31. The van der Waals surface area contributed by atoms with E-state index in [1.54, 1.807) is 48.2 Å². The van der Waals surface area contributed by atoms with Crippen LogP contribution < -0.4 is 29.6 Å². The average molecular weight is 610 g/mol. The minimum atomic E-state index is -0.619. The first-order valence-electron chi connectivity index (χ1n) is 13.1. The topological polar surface area (TPSA) is 109 Å². The van der Waals surface area contributed by atoms with E-state index in [1.807, 2.05) is 32.0 Å². The van der Waals surface area contributed by atoms with Crippen molar-refractivity contribution in [2.24, 2.45) is 0 Å². The molecule has 0 radical (unpaired) electrons. The molecular formula is C30H29Cl2N5O5. The molecule has 0 saturated heterocycles. The number of amides is 1. The Kier molecular flexibility index (Phi) is 8.75. The van der Waals surface area contributed by atoms with Gasteiger partial charge in [0, 0.05) is 27.4 Å². The Morgan fingerprint density at radius 2 is 1.83 bits per heavy atom. The Morgan fingerprint density at radius 3 is 2.57 bits per heavy atom. The number of nitrogens with one attached hydrogen (secondary N) is 2. The number of ether oxygens (including phenoxy) is 4. The molecule has 218 valence electrons. The van der Waals surface area contributed by atoms with E-state index in [1.165, 1.54) is 13.4 Å². The highest BCUT2D eigenvalue weighted by Crippen LogP contribution is 2.40. The van der Waals surface area contributed by atoms with Crippen LogP contribution in [0.5, 0.6) is 23.0 Å². The Balaban J connectivity index is 1.49. The molecule has 4 aromatic rings. The normalized spacial score (nSPS) is 14.1. The van der Waals surface area contributed by atoms with Crippen molar-refractivity contribution < 1.29 is 23.7 Å². The molecule has 12 heteroatoms. The molecule has 2 N–H and O–H groups in total. The van der Waals surface area contributed by atoms with Crippen molar-refractivity contribution in [3.05, 3.63) is 93.4 Å². The van der Waals surface area contributed by atoms with E-state index in [0.717, 1.165) is 11.1 Å². The van der Waals surface area contributed by atoms with Crippen molar-refractivity contribution in [1.82, 2.24) is 14.8 Å². The predicted molar refractivity (Wildman–Crippen MR) is 161 cm³/mol. The SMILES string of the molecule is CCOc1cc([C@@H]2C(C(=O)Nc3ccc(OC)cc3OC)=C(C)Nc3ncnn32)ccc1OCc1ccc(Cl)cc1Cl. The van der Waals surface area contributed by atoms with Crippen LogP contribution in [0.3, 0.4) is 0 Å². The molecule has 1 aromatic heterocycles. The molecule has 1 aliphatic rings. The third-order valence-electron chi connectivity index (χ3n) is 6.68. The zero-order valence-electron chi connectivity index (χ0n) is 23.4. The first kappa shape index (κ1) is 29.1. The van der Waals surface area contributed by atoms with Gasteiger partial charge in [-0.05, 0) is 55.8 Å². The van der Waals surface area contributed by atoms with E-state index in [4.69, 9.17) is 42.1 Å². The number of nitrogens with zero attached hydrogens (tertiary/aromatic N) is 3. The van der Waals surface area contributed by atoms with Crippen LogP contribution in [0, 0.1) is 0 Å². The summed E-state index contributed by atoms with van der Waals surface area (Å²) < 4.78 is 24.5. The van der Waals surface area contributed by atoms with Crippen LogP contribution in [0.15, 0.2) is 72.2 Å². The molecule has 0 bridgehead atoms. The Hall–Kier alpha value is -4.41. The molecule has 5 rings (SSSR count). The molecule has 0 unspecified atom stereocenters. The fourth-order valence-electron chi connectivity index (χ4n) is 4.66. The summed E-state index contributed by atoms with van der Waals surface area (Å²) in [6.45, 7) is 4.33. The number of carbonyl (C=O) groups is 1. The van der Waals surface area contributed by atoms with Gasteiger partial charge < -0.3 is 29.6 Å². The largest absolute Gasteiger partial charge is 0.497 e. The van der Waals surface area contributed by atoms with E-state index in [-0.39, 0.29) is 12.5 Å². The van der Waals surface area contributed by atoms with Gasteiger partial charge in [-0.15, -0.1) is 0 Å². The van der Waals surface area contributed by atoms with Crippen molar-refractivity contribution in [1.29, 1.82) is 0 Å². The zero-order valence-corrected chi connectivity index (χ0v) is 24.9. The number of allylic oxidation sites excluding steroid dienone is 1. The van der Waals surface area contributed by atoms with Gasteiger partial charge >= 0.3 is 0 Å². The van der Waals surface area contributed by atoms with E-state index >= 15 is 0 Å². The number of anilines is 2. The first-order chi connectivity index (χ1) is 20.3. The minimum absolute atomic E-state index is 0.215. The average Bonchev–Trinajstić information content (AvgIpc) is 3.45. The molecule has 0 fully saturated rings. The Morgan fingerprint density at radius 1 is 1.00 bits per heavy atom. The quantitative estimate of drug-likeness (QED) is 0.209. The predicted octanol–water partition coefficient (Wildman–Crippen LogP) is 6.51. The van der Waals surface area contributed by atoms with E-state index < -0.39 is 6.04 Å². The fourth-order valence-corrected chi connectivity index (χ4v) is 5.12. The number of hydrogen-bond acceptors (Lipinski definition) is 8. The van der Waals surface area contributed by atoms with Gasteiger partial charge in [-0.1, -0.05) is 35.3 Å². The maximum absolute atomic E-state index is 13.9. The number of rotatable bonds is 10. The highest BCUT2D eigenvalue weighted by molar-refractivity contribution is 6.35. The smallest absolute Gasteiger partial charge is 0.255 e. The van der Waals surface area contributed by atoms with Gasteiger partial charge in [-0.25, -0.2) is 4.68 Å². The lowest BCUT2D eigenvalue weighted by molar-refractivity contribution is -0.113. The van der Waals surface area contributed by atoms with Crippen molar-refractivity contribution in [2.75, 3.05) is 31.5 Å². The number of fused-ring (bicyclic) bond motifs is 1. The van der Waals surface area contributed by atoms with Gasteiger partial charge in [0.1, 0.15) is 30.5 Å². The summed E-state index contributed by atoms with van der Waals surface area (Å²) in [6, 6.07) is 15.3. The molecule has 1 amide bonds. The highest BCUT2D eigenvalue weighted by Gasteiger charge is 2.34. The summed E-state index contributed by atoms with van der Waals surface area (Å²) in [7, 11) is 3.09. The second kappa shape index (κ2) is 12.6. The van der Waals surface area contributed by atoms with Crippen molar-refractivity contribution >= 4 is 40.7 Å². The van der Waals surface area contributed by atoms with Crippen LogP contribution in [0.4, 0.5) is 11.6 Å². The number of benzene rings is 3. The monoisotopic (exact) mass is 609 g/mol. The molecular weight excluding hydrogens is 581 g/mol. The van der Waals surface area contributed by atoms with Crippen LogP contribution >= 0.6 is 23.2 Å². The number of halogens is 2. The third-order valence-corrected chi connectivity index (χ3v) is 7.26. The number of hydrogen-bond donors (Lipinski definition) is 2. The van der Waals surface area contributed by atoms with Crippen LogP contribution in [-0.2, 0) is 11.4 Å². The summed E-state index contributed by atoms with van der Waals surface area (Å²) in [5, 5.41) is 11.6. The lowest BCUT2D eigenvalue weighted by Gasteiger charge is -2.29. The van der Waals surface area contributed by atoms with Crippen LogP contribution in [-0.4, -0.2) is 41.5 Å². The summed E-state index contributed by atoms with van der Waals surface area (Å²) in [5.41, 5.74) is 3.09. The molecule has 0 saturated carbocycles. The number of aromatic nitrogens is 3. The summed E-state index contributed by atoms with van der Waals surface area (Å²) in [6.07, 6.45) is 1.44. The van der Waals surface area contributed by atoms with Gasteiger partial charge in [-0.3, -0.25) is 4.79 Å². The molecule has 2 heterocycles. The fraction of sp³-hybridized carbons (Fsp3) is 0.233. The maximum atomic E-state index is 13.9. The van der Waals surface area contributed by atoms with Gasteiger partial charge in [-0.2, -0.15) is 10.1 Å². The van der Waals surface area contributed by atoms with Gasteiger partial charge in [0.2, 0.25) is 5.95 Å². The van der Waals surface area contributed by atoms with E-state index in [9.17, 15) is 4.79 Å². The molecule has 1 atom stereocenters. The third kappa shape index (κ3) is 5.95. The summed E-state index contributed by atoms with van der Waals surface area (Å²) >= 11 is 12.4. The van der Waals surface area contributed by atoms with Crippen molar-refractivity contribution in [2.45, 2.75) is 26.5 Å². The minimum Gasteiger partial charge on any atom is -0.497 e. The van der Waals surface area contributed by atoms with Crippen molar-refractivity contribution in [3.8, 4) is 23.0 Å². The second-order valence-electron chi connectivity index (χ2n) is 9.28. The lowest BCUT2D eigenvalue weighted by atomic mass is 9.94. The van der Waals surface area contributed by atoms with Crippen LogP contribution in [0.2, 0.25) is 10.0 Å². The van der Waals surface area contributed by atoms with Crippen molar-refractivity contribution in [3.63, 3.8) is 0 Å². The molecule has 42 heavy (non-hydrogen) atoms. The Labute approximate surface area is 253 Å². The van der Waals surface area contributed by atoms with Crippen LogP contribution in [0.1, 0.15) is 31.0 Å². The zero-order chi connectivity index (χ0) is 29.8.